The average molecular weight is 435 g/mol. The number of H-pyrrole nitrogens is 1. The first-order chi connectivity index (χ1) is 15.3. The zero-order valence-corrected chi connectivity index (χ0v) is 19.8. The standard InChI is InChI=1S/C26H34N4O2/c1-17(2)25-22-15-21(32-20-9-12-30(13-10-20)24(31)16-29(4)5)6-7-23(22)28-26(25)19-8-11-27-18(3)14-19/h6-8,11,14-15,17,20,28H,9-10,12-13,16H2,1-5H3. The fourth-order valence-corrected chi connectivity index (χ4v) is 4.58. The fourth-order valence-electron chi connectivity index (χ4n) is 4.58. The number of carbonyl (C=O) groups excluding carboxylic acids is 1. The van der Waals surface area contributed by atoms with Gasteiger partial charge in [0.25, 0.3) is 0 Å². The summed E-state index contributed by atoms with van der Waals surface area (Å²) in [5.74, 6) is 1.46. The summed E-state index contributed by atoms with van der Waals surface area (Å²) < 4.78 is 6.37. The van der Waals surface area contributed by atoms with Crippen LogP contribution in [0.15, 0.2) is 36.5 Å². The lowest BCUT2D eigenvalue weighted by molar-refractivity contribution is -0.133. The molecule has 1 saturated heterocycles. The highest BCUT2D eigenvalue weighted by Gasteiger charge is 2.24. The minimum atomic E-state index is 0.139. The highest BCUT2D eigenvalue weighted by atomic mass is 16.5. The molecule has 6 nitrogen and oxygen atoms in total. The van der Waals surface area contributed by atoms with Crippen molar-refractivity contribution < 1.29 is 9.53 Å². The molecule has 1 aromatic carbocycles. The largest absolute Gasteiger partial charge is 0.490 e. The van der Waals surface area contributed by atoms with Crippen LogP contribution in [-0.4, -0.2) is 65.5 Å². The Morgan fingerprint density at radius 1 is 1.22 bits per heavy atom. The van der Waals surface area contributed by atoms with Crippen LogP contribution < -0.4 is 4.74 Å². The van der Waals surface area contributed by atoms with Gasteiger partial charge in [0.05, 0.1) is 12.2 Å². The van der Waals surface area contributed by atoms with Crippen molar-refractivity contribution in [2.75, 3.05) is 33.7 Å². The Bertz CT molecular complexity index is 1090. The number of aromatic amines is 1. The van der Waals surface area contributed by atoms with Gasteiger partial charge < -0.3 is 19.5 Å². The van der Waals surface area contributed by atoms with Gasteiger partial charge in [-0.15, -0.1) is 0 Å². The molecule has 32 heavy (non-hydrogen) atoms. The summed E-state index contributed by atoms with van der Waals surface area (Å²) in [6.45, 7) is 8.46. The number of likely N-dealkylation sites (tertiary alicyclic amines) is 1. The van der Waals surface area contributed by atoms with Crippen molar-refractivity contribution in [1.82, 2.24) is 19.8 Å². The molecule has 0 unspecified atom stereocenters. The predicted molar refractivity (Wildman–Crippen MR) is 129 cm³/mol. The molecule has 1 aliphatic rings. The van der Waals surface area contributed by atoms with Crippen LogP contribution in [-0.2, 0) is 4.79 Å². The van der Waals surface area contributed by atoms with E-state index in [1.54, 1.807) is 0 Å². The molecule has 170 valence electrons. The number of ether oxygens (including phenoxy) is 1. The number of aryl methyl sites for hydroxylation is 1. The average Bonchev–Trinajstić information content (AvgIpc) is 3.13. The Morgan fingerprint density at radius 3 is 2.62 bits per heavy atom. The fraction of sp³-hybridized carbons (Fsp3) is 0.462. The first-order valence-corrected chi connectivity index (χ1v) is 11.5. The van der Waals surface area contributed by atoms with E-state index in [9.17, 15) is 4.79 Å². The lowest BCUT2D eigenvalue weighted by atomic mass is 9.96. The van der Waals surface area contributed by atoms with E-state index in [2.05, 4.69) is 48.1 Å². The van der Waals surface area contributed by atoms with E-state index in [4.69, 9.17) is 4.74 Å². The summed E-state index contributed by atoms with van der Waals surface area (Å²) in [4.78, 5) is 24.1. The third-order valence-electron chi connectivity index (χ3n) is 6.12. The topological polar surface area (TPSA) is 61.5 Å². The van der Waals surface area contributed by atoms with E-state index >= 15 is 0 Å². The van der Waals surface area contributed by atoms with Crippen molar-refractivity contribution in [3.8, 4) is 17.0 Å². The number of rotatable bonds is 6. The molecule has 1 fully saturated rings. The van der Waals surface area contributed by atoms with Crippen LogP contribution in [0.5, 0.6) is 5.75 Å². The molecule has 0 spiro atoms. The normalized spacial score (nSPS) is 15.2. The molecular formula is C26H34N4O2. The van der Waals surface area contributed by atoms with Crippen molar-refractivity contribution in [3.05, 3.63) is 47.8 Å². The number of benzene rings is 1. The Morgan fingerprint density at radius 2 is 1.97 bits per heavy atom. The molecule has 1 N–H and O–H groups in total. The number of fused-ring (bicyclic) bond motifs is 1. The first-order valence-electron chi connectivity index (χ1n) is 11.5. The number of pyridine rings is 1. The van der Waals surface area contributed by atoms with Gasteiger partial charge in [-0.2, -0.15) is 0 Å². The van der Waals surface area contributed by atoms with Crippen LogP contribution in [0.1, 0.15) is 43.9 Å². The van der Waals surface area contributed by atoms with Crippen molar-refractivity contribution in [1.29, 1.82) is 0 Å². The molecule has 0 atom stereocenters. The van der Waals surface area contributed by atoms with Crippen LogP contribution in [0.3, 0.4) is 0 Å². The molecule has 1 aliphatic heterocycles. The summed E-state index contributed by atoms with van der Waals surface area (Å²) in [6, 6.07) is 10.5. The van der Waals surface area contributed by atoms with Crippen molar-refractivity contribution in [2.45, 2.75) is 45.6 Å². The van der Waals surface area contributed by atoms with Crippen molar-refractivity contribution >= 4 is 16.8 Å². The molecule has 0 saturated carbocycles. The van der Waals surface area contributed by atoms with Crippen LogP contribution >= 0.6 is 0 Å². The van der Waals surface area contributed by atoms with Gasteiger partial charge in [0.15, 0.2) is 0 Å². The Balaban J connectivity index is 1.53. The summed E-state index contributed by atoms with van der Waals surface area (Å²) in [5, 5.41) is 1.21. The minimum Gasteiger partial charge on any atom is -0.490 e. The Labute approximate surface area is 190 Å². The van der Waals surface area contributed by atoms with Gasteiger partial charge in [-0.05, 0) is 62.8 Å². The molecule has 6 heteroatoms. The van der Waals surface area contributed by atoms with E-state index in [-0.39, 0.29) is 12.0 Å². The second-order valence-corrected chi connectivity index (χ2v) is 9.40. The number of carbonyl (C=O) groups is 1. The van der Waals surface area contributed by atoms with Gasteiger partial charge in [-0.1, -0.05) is 13.8 Å². The van der Waals surface area contributed by atoms with Crippen LogP contribution in [0.2, 0.25) is 0 Å². The van der Waals surface area contributed by atoms with Gasteiger partial charge in [0.2, 0.25) is 5.91 Å². The minimum absolute atomic E-state index is 0.139. The molecule has 1 amide bonds. The number of hydrogen-bond acceptors (Lipinski definition) is 4. The molecular weight excluding hydrogens is 400 g/mol. The van der Waals surface area contributed by atoms with Gasteiger partial charge >= 0.3 is 0 Å². The zero-order chi connectivity index (χ0) is 22.8. The van der Waals surface area contributed by atoms with E-state index in [0.717, 1.165) is 54.1 Å². The first kappa shape index (κ1) is 22.3. The number of nitrogens with zero attached hydrogens (tertiary/aromatic N) is 3. The second kappa shape index (κ2) is 9.33. The molecule has 0 radical (unpaired) electrons. The molecule has 4 rings (SSSR count). The maximum absolute atomic E-state index is 12.3. The monoisotopic (exact) mass is 434 g/mol. The van der Waals surface area contributed by atoms with E-state index in [1.807, 2.05) is 43.1 Å². The zero-order valence-electron chi connectivity index (χ0n) is 19.8. The number of hydrogen-bond donors (Lipinski definition) is 1. The second-order valence-electron chi connectivity index (χ2n) is 9.40. The molecule has 2 aromatic heterocycles. The lowest BCUT2D eigenvalue weighted by Crippen LogP contribution is -2.44. The molecule has 3 heterocycles. The number of amides is 1. The third-order valence-corrected chi connectivity index (χ3v) is 6.12. The van der Waals surface area contributed by atoms with E-state index in [1.165, 1.54) is 10.9 Å². The Hall–Kier alpha value is -2.86. The highest BCUT2D eigenvalue weighted by molar-refractivity contribution is 5.92. The highest BCUT2D eigenvalue weighted by Crippen LogP contribution is 2.37. The summed E-state index contributed by atoms with van der Waals surface area (Å²) >= 11 is 0. The smallest absolute Gasteiger partial charge is 0.236 e. The maximum Gasteiger partial charge on any atom is 0.236 e. The summed E-state index contributed by atoms with van der Waals surface area (Å²) in [5.41, 5.74) is 5.75. The molecule has 0 aliphatic carbocycles. The number of nitrogens with one attached hydrogen (secondary N) is 1. The third kappa shape index (κ3) is 4.80. The quantitative estimate of drug-likeness (QED) is 0.616. The molecule has 0 bridgehead atoms. The van der Waals surface area contributed by atoms with Gasteiger partial charge in [0, 0.05) is 54.3 Å². The van der Waals surface area contributed by atoms with Crippen LogP contribution in [0.25, 0.3) is 22.2 Å². The summed E-state index contributed by atoms with van der Waals surface area (Å²) in [6.07, 6.45) is 3.73. The lowest BCUT2D eigenvalue weighted by Gasteiger charge is -2.32. The summed E-state index contributed by atoms with van der Waals surface area (Å²) in [7, 11) is 3.86. The van der Waals surface area contributed by atoms with Gasteiger partial charge in [0.1, 0.15) is 11.9 Å². The number of likely N-dealkylation sites (N-methyl/N-ethyl adjacent to an activating group) is 1. The Kier molecular flexibility index (Phi) is 6.51. The van der Waals surface area contributed by atoms with Crippen LogP contribution in [0.4, 0.5) is 0 Å². The SMILES string of the molecule is Cc1cc(-c2[nH]c3ccc(OC4CCN(C(=O)CN(C)C)CC4)cc3c2C(C)C)ccn1. The van der Waals surface area contributed by atoms with E-state index < -0.39 is 0 Å². The van der Waals surface area contributed by atoms with E-state index in [0.29, 0.717) is 12.5 Å². The van der Waals surface area contributed by atoms with Gasteiger partial charge in [-0.25, -0.2) is 0 Å². The predicted octanol–water partition coefficient (Wildman–Crippen LogP) is 4.59. The van der Waals surface area contributed by atoms with Crippen LogP contribution in [0, 0.1) is 6.92 Å². The van der Waals surface area contributed by atoms with Crippen molar-refractivity contribution in [3.63, 3.8) is 0 Å². The number of aromatic nitrogens is 2. The number of piperidine rings is 1. The van der Waals surface area contributed by atoms with Crippen molar-refractivity contribution in [2.24, 2.45) is 0 Å². The maximum atomic E-state index is 12.3. The van der Waals surface area contributed by atoms with Gasteiger partial charge in [-0.3, -0.25) is 9.78 Å². The molecule has 3 aromatic rings.